The largest absolute Gasteiger partial charge is 0.316 e. The summed E-state index contributed by atoms with van der Waals surface area (Å²) >= 11 is 3.40. The lowest BCUT2D eigenvalue weighted by molar-refractivity contribution is 0.454. The van der Waals surface area contributed by atoms with Gasteiger partial charge >= 0.3 is 0 Å². The van der Waals surface area contributed by atoms with Crippen LogP contribution in [0.1, 0.15) is 24.5 Å². The van der Waals surface area contributed by atoms with E-state index in [1.807, 2.05) is 6.07 Å². The number of piperidine rings is 1. The monoisotopic (exact) mass is 312 g/mol. The van der Waals surface area contributed by atoms with Gasteiger partial charge in [0.15, 0.2) is 0 Å². The van der Waals surface area contributed by atoms with E-state index in [0.717, 1.165) is 17.7 Å². The lowest BCUT2D eigenvalue weighted by Crippen LogP contribution is -2.28. The highest BCUT2D eigenvalue weighted by molar-refractivity contribution is 9.10. The summed E-state index contributed by atoms with van der Waals surface area (Å²) in [4.78, 5) is 4.47. The van der Waals surface area contributed by atoms with E-state index in [4.69, 9.17) is 0 Å². The van der Waals surface area contributed by atoms with Gasteiger partial charge in [0.05, 0.1) is 0 Å². The fraction of sp³-hybridized carbons (Fsp3) is 0.500. The van der Waals surface area contributed by atoms with E-state index in [-0.39, 0.29) is 24.8 Å². The summed E-state index contributed by atoms with van der Waals surface area (Å²) < 4.78 is 0.940. The van der Waals surface area contributed by atoms with Crippen molar-refractivity contribution < 1.29 is 0 Å². The summed E-state index contributed by atoms with van der Waals surface area (Å²) in [5, 5.41) is 3.40. The summed E-state index contributed by atoms with van der Waals surface area (Å²) in [5.74, 6) is 0.603. The van der Waals surface area contributed by atoms with E-state index in [0.29, 0.717) is 5.92 Å². The molecule has 0 aliphatic carbocycles. The molecule has 0 spiro atoms. The van der Waals surface area contributed by atoms with E-state index >= 15 is 0 Å². The molecule has 1 aliphatic rings. The van der Waals surface area contributed by atoms with Crippen LogP contribution in [0.3, 0.4) is 0 Å². The third-order valence-corrected chi connectivity index (χ3v) is 2.89. The highest BCUT2D eigenvalue weighted by atomic mass is 79.9. The zero-order chi connectivity index (χ0) is 9.10. The number of pyridine rings is 1. The van der Waals surface area contributed by atoms with E-state index in [9.17, 15) is 0 Å². The van der Waals surface area contributed by atoms with Crippen LogP contribution >= 0.6 is 40.7 Å². The number of hydrogen-bond donors (Lipinski definition) is 1. The Morgan fingerprint density at radius 2 is 2.13 bits per heavy atom. The van der Waals surface area contributed by atoms with Crippen LogP contribution in [0.2, 0.25) is 0 Å². The maximum atomic E-state index is 4.47. The Bertz CT molecular complexity index is 291. The predicted molar refractivity (Wildman–Crippen MR) is 71.3 cm³/mol. The Labute approximate surface area is 111 Å². The molecule has 1 aromatic heterocycles. The maximum absolute atomic E-state index is 4.47. The Balaban J connectivity index is 0.000000980. The van der Waals surface area contributed by atoms with Crippen molar-refractivity contribution in [3.63, 3.8) is 0 Å². The van der Waals surface area contributed by atoms with Gasteiger partial charge in [-0.1, -0.05) is 6.07 Å². The molecule has 2 rings (SSSR count). The van der Waals surface area contributed by atoms with Gasteiger partial charge in [0.25, 0.3) is 0 Å². The molecule has 1 fully saturated rings. The Hall–Kier alpha value is 0.170. The average Bonchev–Trinajstić information content (AvgIpc) is 2.19. The van der Waals surface area contributed by atoms with Crippen molar-refractivity contribution >= 4 is 40.7 Å². The van der Waals surface area contributed by atoms with E-state index in [2.05, 4.69) is 38.4 Å². The second kappa shape index (κ2) is 7.44. The number of aromatic nitrogens is 1. The van der Waals surface area contributed by atoms with Crippen LogP contribution in [0.15, 0.2) is 22.8 Å². The smallest absolute Gasteiger partial charge is 0.106 e. The third kappa shape index (κ3) is 4.27. The number of nitrogens with one attached hydrogen (secondary N) is 1. The van der Waals surface area contributed by atoms with Crippen molar-refractivity contribution in [3.05, 3.63) is 28.5 Å². The van der Waals surface area contributed by atoms with Gasteiger partial charge in [-0.3, -0.25) is 0 Å². The SMILES string of the molecule is Brc1cccc(C2CCCNC2)n1.Cl.Cl. The minimum absolute atomic E-state index is 0. The molecule has 1 saturated heterocycles. The molecule has 1 N–H and O–H groups in total. The molecule has 5 heteroatoms. The number of halogens is 3. The molecule has 1 unspecified atom stereocenters. The summed E-state index contributed by atoms with van der Waals surface area (Å²) in [6.45, 7) is 2.23. The van der Waals surface area contributed by atoms with Crippen molar-refractivity contribution in [2.24, 2.45) is 0 Å². The van der Waals surface area contributed by atoms with Crippen LogP contribution in [0.25, 0.3) is 0 Å². The quantitative estimate of drug-likeness (QED) is 0.806. The molecular formula is C10H15BrCl2N2. The molecular weight excluding hydrogens is 299 g/mol. The van der Waals surface area contributed by atoms with Crippen molar-refractivity contribution in [2.45, 2.75) is 18.8 Å². The minimum atomic E-state index is 0. The Kier molecular flexibility index (Phi) is 7.53. The van der Waals surface area contributed by atoms with Crippen molar-refractivity contribution in [2.75, 3.05) is 13.1 Å². The Morgan fingerprint density at radius 1 is 1.33 bits per heavy atom. The van der Waals surface area contributed by atoms with Gasteiger partial charge in [-0.05, 0) is 47.4 Å². The fourth-order valence-electron chi connectivity index (χ4n) is 1.76. The zero-order valence-corrected chi connectivity index (χ0v) is 11.5. The number of nitrogens with zero attached hydrogens (tertiary/aromatic N) is 1. The van der Waals surface area contributed by atoms with Gasteiger partial charge in [0, 0.05) is 18.2 Å². The standard InChI is InChI=1S/C10H13BrN2.2ClH/c11-10-5-1-4-9(13-10)8-3-2-6-12-7-8;;/h1,4-5,8,12H,2-3,6-7H2;2*1H. The van der Waals surface area contributed by atoms with Crippen LogP contribution in [0, 0.1) is 0 Å². The molecule has 1 aliphatic heterocycles. The highest BCUT2D eigenvalue weighted by Gasteiger charge is 2.15. The molecule has 1 aromatic rings. The van der Waals surface area contributed by atoms with Crippen LogP contribution in [-0.2, 0) is 0 Å². The minimum Gasteiger partial charge on any atom is -0.316 e. The van der Waals surface area contributed by atoms with E-state index in [1.54, 1.807) is 0 Å². The van der Waals surface area contributed by atoms with Gasteiger partial charge < -0.3 is 5.32 Å². The second-order valence-electron chi connectivity index (χ2n) is 3.43. The summed E-state index contributed by atoms with van der Waals surface area (Å²) in [6, 6.07) is 6.14. The maximum Gasteiger partial charge on any atom is 0.106 e. The predicted octanol–water partition coefficient (Wildman–Crippen LogP) is 3.15. The topological polar surface area (TPSA) is 24.9 Å². The average molecular weight is 314 g/mol. The van der Waals surface area contributed by atoms with Crippen LogP contribution in [-0.4, -0.2) is 18.1 Å². The van der Waals surface area contributed by atoms with Crippen LogP contribution in [0.5, 0.6) is 0 Å². The highest BCUT2D eigenvalue weighted by Crippen LogP contribution is 2.22. The second-order valence-corrected chi connectivity index (χ2v) is 4.24. The fourth-order valence-corrected chi connectivity index (χ4v) is 2.11. The summed E-state index contributed by atoms with van der Waals surface area (Å²) in [5.41, 5.74) is 1.21. The number of hydrogen-bond acceptors (Lipinski definition) is 2. The first kappa shape index (κ1) is 15.2. The first-order chi connectivity index (χ1) is 6.36. The molecule has 86 valence electrons. The van der Waals surface area contributed by atoms with Crippen LogP contribution in [0.4, 0.5) is 0 Å². The zero-order valence-electron chi connectivity index (χ0n) is 8.28. The molecule has 0 bridgehead atoms. The molecule has 15 heavy (non-hydrogen) atoms. The lowest BCUT2D eigenvalue weighted by Gasteiger charge is -2.22. The van der Waals surface area contributed by atoms with Crippen molar-refractivity contribution in [1.29, 1.82) is 0 Å². The first-order valence-corrected chi connectivity index (χ1v) is 5.49. The van der Waals surface area contributed by atoms with Gasteiger partial charge in [-0.2, -0.15) is 0 Å². The van der Waals surface area contributed by atoms with Gasteiger partial charge in [0.2, 0.25) is 0 Å². The molecule has 0 amide bonds. The number of rotatable bonds is 1. The normalized spacial score (nSPS) is 19.9. The van der Waals surface area contributed by atoms with Crippen molar-refractivity contribution in [1.82, 2.24) is 10.3 Å². The molecule has 2 nitrogen and oxygen atoms in total. The molecule has 1 atom stereocenters. The Morgan fingerprint density at radius 3 is 2.73 bits per heavy atom. The van der Waals surface area contributed by atoms with Gasteiger partial charge in [0.1, 0.15) is 4.60 Å². The molecule has 0 radical (unpaired) electrons. The van der Waals surface area contributed by atoms with Gasteiger partial charge in [-0.25, -0.2) is 4.98 Å². The van der Waals surface area contributed by atoms with Gasteiger partial charge in [-0.15, -0.1) is 24.8 Å². The summed E-state index contributed by atoms with van der Waals surface area (Å²) in [6.07, 6.45) is 2.52. The van der Waals surface area contributed by atoms with Crippen molar-refractivity contribution in [3.8, 4) is 0 Å². The molecule has 0 aromatic carbocycles. The summed E-state index contributed by atoms with van der Waals surface area (Å²) in [7, 11) is 0. The molecule has 0 saturated carbocycles. The van der Waals surface area contributed by atoms with Crippen LogP contribution < -0.4 is 5.32 Å². The van der Waals surface area contributed by atoms with E-state index in [1.165, 1.54) is 18.5 Å². The lowest BCUT2D eigenvalue weighted by atomic mass is 9.96. The molecule has 2 heterocycles. The van der Waals surface area contributed by atoms with E-state index < -0.39 is 0 Å². The third-order valence-electron chi connectivity index (χ3n) is 2.45. The first-order valence-electron chi connectivity index (χ1n) is 4.69.